The first-order valence-corrected chi connectivity index (χ1v) is 8.37. The van der Waals surface area contributed by atoms with Crippen molar-refractivity contribution in [2.45, 2.75) is 66.3 Å². The predicted octanol–water partition coefficient (Wildman–Crippen LogP) is 5.09. The Morgan fingerprint density at radius 1 is 1.05 bits per heavy atom. The van der Waals surface area contributed by atoms with Crippen molar-refractivity contribution in [2.24, 2.45) is 11.8 Å². The molecule has 1 aromatic carbocycles. The molecule has 3 atom stereocenters. The van der Waals surface area contributed by atoms with E-state index in [2.05, 4.69) is 52.1 Å². The molecule has 0 spiro atoms. The Balaban J connectivity index is 2.27. The molecule has 0 heterocycles. The summed E-state index contributed by atoms with van der Waals surface area (Å²) in [5, 5.41) is 3.77. The van der Waals surface area contributed by atoms with Crippen LogP contribution in [0.1, 0.15) is 67.8 Å². The van der Waals surface area contributed by atoms with Gasteiger partial charge in [-0.15, -0.1) is 0 Å². The third kappa shape index (κ3) is 3.25. The summed E-state index contributed by atoms with van der Waals surface area (Å²) in [4.78, 5) is 0. The average molecular weight is 273 g/mol. The molecule has 112 valence electrons. The molecule has 1 heteroatoms. The van der Waals surface area contributed by atoms with E-state index in [1.165, 1.54) is 47.9 Å². The third-order valence-electron chi connectivity index (χ3n) is 5.27. The summed E-state index contributed by atoms with van der Waals surface area (Å²) in [6.45, 7) is 12.4. The zero-order valence-electron chi connectivity index (χ0n) is 13.9. The van der Waals surface area contributed by atoms with Gasteiger partial charge in [0.25, 0.3) is 0 Å². The van der Waals surface area contributed by atoms with E-state index < -0.39 is 0 Å². The van der Waals surface area contributed by atoms with E-state index in [1.54, 1.807) is 0 Å². The topological polar surface area (TPSA) is 12.0 Å². The highest BCUT2D eigenvalue weighted by Gasteiger charge is 2.31. The summed E-state index contributed by atoms with van der Waals surface area (Å²) in [6.07, 6.45) is 5.57. The van der Waals surface area contributed by atoms with Crippen LogP contribution in [-0.4, -0.2) is 6.54 Å². The van der Waals surface area contributed by atoms with Crippen molar-refractivity contribution < 1.29 is 0 Å². The van der Waals surface area contributed by atoms with Gasteiger partial charge in [0.1, 0.15) is 0 Å². The molecule has 1 nitrogen and oxygen atoms in total. The molecule has 1 saturated carbocycles. The van der Waals surface area contributed by atoms with Gasteiger partial charge in [-0.3, -0.25) is 0 Å². The second-order valence-corrected chi connectivity index (χ2v) is 6.68. The van der Waals surface area contributed by atoms with E-state index in [9.17, 15) is 0 Å². The summed E-state index contributed by atoms with van der Waals surface area (Å²) in [7, 11) is 0. The number of aryl methyl sites for hydroxylation is 3. The van der Waals surface area contributed by atoms with Crippen LogP contribution in [0.4, 0.5) is 0 Å². The van der Waals surface area contributed by atoms with Crippen LogP contribution in [0, 0.1) is 32.6 Å². The fraction of sp³-hybridized carbons (Fsp3) is 0.684. The summed E-state index contributed by atoms with van der Waals surface area (Å²) in [5.41, 5.74) is 5.84. The van der Waals surface area contributed by atoms with Gasteiger partial charge in [-0.05, 0) is 74.2 Å². The van der Waals surface area contributed by atoms with Crippen molar-refractivity contribution in [1.29, 1.82) is 0 Å². The van der Waals surface area contributed by atoms with Crippen LogP contribution in [-0.2, 0) is 0 Å². The second-order valence-electron chi connectivity index (χ2n) is 6.68. The van der Waals surface area contributed by atoms with E-state index in [1.807, 2.05) is 0 Å². The van der Waals surface area contributed by atoms with Gasteiger partial charge in [0.05, 0.1) is 0 Å². The molecule has 0 bridgehead atoms. The molecular weight excluding hydrogens is 242 g/mol. The van der Waals surface area contributed by atoms with E-state index in [4.69, 9.17) is 0 Å². The molecule has 1 aliphatic rings. The van der Waals surface area contributed by atoms with Gasteiger partial charge in [-0.1, -0.05) is 38.8 Å². The lowest BCUT2D eigenvalue weighted by Crippen LogP contribution is -2.28. The van der Waals surface area contributed by atoms with Crippen LogP contribution in [0.3, 0.4) is 0 Å². The molecule has 0 radical (unpaired) electrons. The summed E-state index contributed by atoms with van der Waals surface area (Å²) < 4.78 is 0. The van der Waals surface area contributed by atoms with Gasteiger partial charge in [0.2, 0.25) is 0 Å². The minimum atomic E-state index is 0.552. The maximum Gasteiger partial charge on any atom is 0.0351 e. The molecule has 20 heavy (non-hydrogen) atoms. The number of hydrogen-bond acceptors (Lipinski definition) is 1. The lowest BCUT2D eigenvalue weighted by molar-refractivity contribution is 0.358. The SMILES string of the molecule is CCNC(c1cc(C)c(C)cc1C)C1CCC(CC)C1. The zero-order chi connectivity index (χ0) is 14.7. The molecule has 1 fully saturated rings. The van der Waals surface area contributed by atoms with Gasteiger partial charge in [-0.2, -0.15) is 0 Å². The molecule has 3 unspecified atom stereocenters. The number of rotatable bonds is 5. The van der Waals surface area contributed by atoms with Crippen LogP contribution in [0.25, 0.3) is 0 Å². The van der Waals surface area contributed by atoms with E-state index in [-0.39, 0.29) is 0 Å². The first-order valence-electron chi connectivity index (χ1n) is 8.37. The maximum absolute atomic E-state index is 3.77. The Morgan fingerprint density at radius 2 is 1.75 bits per heavy atom. The zero-order valence-corrected chi connectivity index (χ0v) is 13.9. The van der Waals surface area contributed by atoms with E-state index >= 15 is 0 Å². The minimum Gasteiger partial charge on any atom is -0.310 e. The highest BCUT2D eigenvalue weighted by atomic mass is 14.9. The Kier molecular flexibility index (Phi) is 5.26. The van der Waals surface area contributed by atoms with Crippen LogP contribution < -0.4 is 5.32 Å². The number of nitrogens with one attached hydrogen (secondary N) is 1. The van der Waals surface area contributed by atoms with Crippen molar-refractivity contribution >= 4 is 0 Å². The second kappa shape index (κ2) is 6.76. The molecule has 1 aromatic rings. The molecule has 0 saturated heterocycles. The standard InChI is InChI=1S/C19H31N/c1-6-16-8-9-17(12-16)19(20-7-2)18-11-14(4)13(3)10-15(18)5/h10-11,16-17,19-20H,6-9,12H2,1-5H3. The molecule has 0 aliphatic heterocycles. The molecule has 0 amide bonds. The minimum absolute atomic E-state index is 0.552. The Morgan fingerprint density at radius 3 is 2.35 bits per heavy atom. The average Bonchev–Trinajstić information content (AvgIpc) is 2.89. The van der Waals surface area contributed by atoms with Gasteiger partial charge in [-0.25, -0.2) is 0 Å². The lowest BCUT2D eigenvalue weighted by atomic mass is 9.86. The van der Waals surface area contributed by atoms with Gasteiger partial charge in [0, 0.05) is 6.04 Å². The molecule has 2 rings (SSSR count). The van der Waals surface area contributed by atoms with Crippen molar-refractivity contribution in [3.63, 3.8) is 0 Å². The first kappa shape index (κ1) is 15.6. The predicted molar refractivity (Wildman–Crippen MR) is 88.2 cm³/mol. The summed E-state index contributed by atoms with van der Waals surface area (Å²) in [5.74, 6) is 1.77. The van der Waals surface area contributed by atoms with Crippen LogP contribution in [0.5, 0.6) is 0 Å². The summed E-state index contributed by atoms with van der Waals surface area (Å²) >= 11 is 0. The van der Waals surface area contributed by atoms with Crippen molar-refractivity contribution in [3.05, 3.63) is 34.4 Å². The highest BCUT2D eigenvalue weighted by molar-refractivity contribution is 5.38. The van der Waals surface area contributed by atoms with Gasteiger partial charge >= 0.3 is 0 Å². The largest absolute Gasteiger partial charge is 0.310 e. The van der Waals surface area contributed by atoms with Crippen molar-refractivity contribution in [2.75, 3.05) is 6.54 Å². The van der Waals surface area contributed by atoms with Gasteiger partial charge < -0.3 is 5.32 Å². The maximum atomic E-state index is 3.77. The van der Waals surface area contributed by atoms with Crippen LogP contribution in [0.15, 0.2) is 12.1 Å². The van der Waals surface area contributed by atoms with Crippen molar-refractivity contribution in [3.8, 4) is 0 Å². The Hall–Kier alpha value is -0.820. The van der Waals surface area contributed by atoms with Crippen LogP contribution in [0.2, 0.25) is 0 Å². The first-order chi connectivity index (χ1) is 9.56. The molecule has 0 aromatic heterocycles. The molecular formula is C19H31N. The van der Waals surface area contributed by atoms with E-state index in [0.29, 0.717) is 6.04 Å². The third-order valence-corrected chi connectivity index (χ3v) is 5.27. The molecule has 1 N–H and O–H groups in total. The fourth-order valence-electron chi connectivity index (χ4n) is 3.86. The van der Waals surface area contributed by atoms with Crippen molar-refractivity contribution in [1.82, 2.24) is 5.32 Å². The number of benzene rings is 1. The lowest BCUT2D eigenvalue weighted by Gasteiger charge is -2.27. The van der Waals surface area contributed by atoms with Crippen LogP contribution >= 0.6 is 0 Å². The highest BCUT2D eigenvalue weighted by Crippen LogP contribution is 2.41. The normalized spacial score (nSPS) is 24.1. The van der Waals surface area contributed by atoms with E-state index in [0.717, 1.165) is 18.4 Å². The number of hydrogen-bond donors (Lipinski definition) is 1. The smallest absolute Gasteiger partial charge is 0.0351 e. The fourth-order valence-corrected chi connectivity index (χ4v) is 3.86. The van der Waals surface area contributed by atoms with Gasteiger partial charge in [0.15, 0.2) is 0 Å². The summed E-state index contributed by atoms with van der Waals surface area (Å²) in [6, 6.07) is 5.34. The quantitative estimate of drug-likeness (QED) is 0.788. The monoisotopic (exact) mass is 273 g/mol. The molecule has 1 aliphatic carbocycles. The Labute approximate surface area is 125 Å². The Bertz CT molecular complexity index is 449.